The minimum atomic E-state index is -0.916. The number of carboxylic acid groups (broad SMARTS) is 1. The smallest absolute Gasteiger partial charge is 0.317 e. The fourth-order valence-corrected chi connectivity index (χ4v) is 3.64. The van der Waals surface area contributed by atoms with Gasteiger partial charge in [0, 0.05) is 39.8 Å². The molecule has 9 heteroatoms. The van der Waals surface area contributed by atoms with E-state index in [1.165, 1.54) is 4.90 Å². The first-order chi connectivity index (χ1) is 11.7. The lowest BCUT2D eigenvalue weighted by atomic mass is 9.90. The van der Waals surface area contributed by atoms with Gasteiger partial charge in [-0.3, -0.25) is 14.3 Å². The molecule has 2 aliphatic rings. The first kappa shape index (κ1) is 17.2. The van der Waals surface area contributed by atoms with Gasteiger partial charge in [-0.1, -0.05) is 0 Å². The lowest BCUT2D eigenvalue weighted by Gasteiger charge is -2.28. The van der Waals surface area contributed by atoms with Crippen LogP contribution in [0.25, 0.3) is 0 Å². The van der Waals surface area contributed by atoms with E-state index in [1.807, 2.05) is 6.07 Å². The van der Waals surface area contributed by atoms with E-state index in [0.29, 0.717) is 13.0 Å². The molecule has 3 rings (SSSR count). The summed E-state index contributed by atoms with van der Waals surface area (Å²) in [4.78, 5) is 39.2. The summed E-state index contributed by atoms with van der Waals surface area (Å²) in [5, 5.41) is 16.4. The van der Waals surface area contributed by atoms with Gasteiger partial charge in [0.05, 0.1) is 23.2 Å². The average molecular weight is 349 g/mol. The number of rotatable bonds is 3. The van der Waals surface area contributed by atoms with Crippen LogP contribution in [0, 0.1) is 5.41 Å². The second-order valence-corrected chi connectivity index (χ2v) is 7.13. The molecule has 3 atom stereocenters. The van der Waals surface area contributed by atoms with Crippen molar-refractivity contribution < 1.29 is 19.5 Å². The number of aliphatic carboxylic acids is 1. The van der Waals surface area contributed by atoms with Crippen molar-refractivity contribution in [3.8, 4) is 0 Å². The predicted octanol–water partition coefficient (Wildman–Crippen LogP) is 0.198. The number of likely N-dealkylation sites (tertiary alicyclic amines) is 2. The number of carbonyl (C=O) groups excluding carboxylic acids is 2. The number of carboxylic acids is 1. The van der Waals surface area contributed by atoms with Gasteiger partial charge in [0.25, 0.3) is 0 Å². The zero-order valence-electron chi connectivity index (χ0n) is 14.6. The van der Waals surface area contributed by atoms with E-state index in [1.54, 1.807) is 36.8 Å². The number of urea groups is 1. The van der Waals surface area contributed by atoms with Crippen LogP contribution in [0.3, 0.4) is 0 Å². The quantitative estimate of drug-likeness (QED) is 0.810. The van der Waals surface area contributed by atoms with Crippen LogP contribution >= 0.6 is 0 Å². The normalized spacial score (nSPS) is 29.3. The van der Waals surface area contributed by atoms with E-state index in [-0.39, 0.29) is 37.0 Å². The number of hydrogen-bond acceptors (Lipinski definition) is 4. The Hall–Kier alpha value is -2.58. The van der Waals surface area contributed by atoms with E-state index in [4.69, 9.17) is 0 Å². The maximum atomic E-state index is 12.6. The highest BCUT2D eigenvalue weighted by molar-refractivity contribution is 5.83. The molecule has 2 saturated heterocycles. The fourth-order valence-electron chi connectivity index (χ4n) is 3.64. The number of carbonyl (C=O) groups is 3. The van der Waals surface area contributed by atoms with E-state index >= 15 is 0 Å². The Morgan fingerprint density at radius 3 is 2.68 bits per heavy atom. The van der Waals surface area contributed by atoms with Crippen molar-refractivity contribution in [2.75, 3.05) is 20.1 Å². The Kier molecular flexibility index (Phi) is 4.18. The molecule has 0 saturated carbocycles. The van der Waals surface area contributed by atoms with Crippen molar-refractivity contribution in [3.63, 3.8) is 0 Å². The number of nitrogens with zero attached hydrogens (tertiary/aromatic N) is 4. The highest BCUT2D eigenvalue weighted by Gasteiger charge is 2.45. The largest absolute Gasteiger partial charge is 0.481 e. The van der Waals surface area contributed by atoms with E-state index in [0.717, 1.165) is 5.69 Å². The summed E-state index contributed by atoms with van der Waals surface area (Å²) in [6.07, 6.45) is 2.29. The molecule has 0 aliphatic carbocycles. The van der Waals surface area contributed by atoms with Gasteiger partial charge in [-0.15, -0.1) is 0 Å². The topological polar surface area (TPSA) is 108 Å². The molecule has 0 bridgehead atoms. The summed E-state index contributed by atoms with van der Waals surface area (Å²) >= 11 is 0. The van der Waals surface area contributed by atoms with Crippen molar-refractivity contribution in [2.24, 2.45) is 12.5 Å². The summed E-state index contributed by atoms with van der Waals surface area (Å²) in [7, 11) is 3.51. The predicted molar refractivity (Wildman–Crippen MR) is 87.6 cm³/mol. The Bertz CT molecular complexity index is 717. The molecule has 136 valence electrons. The molecule has 1 aromatic rings. The lowest BCUT2D eigenvalue weighted by Crippen LogP contribution is -2.47. The number of likely N-dealkylation sites (N-methyl/N-ethyl adjacent to an activating group) is 1. The minimum absolute atomic E-state index is 0.0479. The van der Waals surface area contributed by atoms with Gasteiger partial charge in [-0.25, -0.2) is 4.79 Å². The van der Waals surface area contributed by atoms with Crippen LogP contribution in [0.5, 0.6) is 0 Å². The van der Waals surface area contributed by atoms with E-state index in [2.05, 4.69) is 10.4 Å². The molecule has 3 heterocycles. The van der Waals surface area contributed by atoms with Gasteiger partial charge in [0.1, 0.15) is 0 Å². The zero-order chi connectivity index (χ0) is 18.4. The molecule has 3 amide bonds. The first-order valence-electron chi connectivity index (χ1n) is 8.25. The molecule has 9 nitrogen and oxygen atoms in total. The monoisotopic (exact) mass is 349 g/mol. The van der Waals surface area contributed by atoms with Crippen LogP contribution in [0.1, 0.15) is 31.5 Å². The Balaban J connectivity index is 1.73. The molecular formula is C16H23N5O4. The average Bonchev–Trinajstić information content (AvgIpc) is 3.20. The maximum Gasteiger partial charge on any atom is 0.317 e. The third kappa shape index (κ3) is 2.94. The summed E-state index contributed by atoms with van der Waals surface area (Å²) in [5.41, 5.74) is -0.0726. The zero-order valence-corrected chi connectivity index (χ0v) is 14.6. The minimum Gasteiger partial charge on any atom is -0.481 e. The number of aromatic nitrogens is 2. The van der Waals surface area contributed by atoms with Crippen molar-refractivity contribution >= 4 is 17.9 Å². The van der Waals surface area contributed by atoms with Gasteiger partial charge < -0.3 is 20.2 Å². The van der Waals surface area contributed by atoms with Crippen LogP contribution < -0.4 is 5.32 Å². The van der Waals surface area contributed by atoms with Gasteiger partial charge >= 0.3 is 12.0 Å². The molecule has 2 N–H and O–H groups in total. The Labute approximate surface area is 145 Å². The molecule has 2 aliphatic heterocycles. The third-order valence-corrected chi connectivity index (χ3v) is 5.33. The first-order valence-corrected chi connectivity index (χ1v) is 8.25. The summed E-state index contributed by atoms with van der Waals surface area (Å²) in [6, 6.07) is 0.829. The van der Waals surface area contributed by atoms with Crippen LogP contribution in [-0.2, 0) is 16.6 Å². The van der Waals surface area contributed by atoms with Crippen molar-refractivity contribution in [3.05, 3.63) is 18.0 Å². The third-order valence-electron chi connectivity index (χ3n) is 5.33. The van der Waals surface area contributed by atoms with Gasteiger partial charge in [-0.2, -0.15) is 5.10 Å². The summed E-state index contributed by atoms with van der Waals surface area (Å²) in [5.74, 6) is -0.945. The molecular weight excluding hydrogens is 326 g/mol. The van der Waals surface area contributed by atoms with E-state index in [9.17, 15) is 19.5 Å². The Morgan fingerprint density at radius 1 is 1.40 bits per heavy atom. The molecule has 0 radical (unpaired) electrons. The molecule has 0 aromatic carbocycles. The van der Waals surface area contributed by atoms with Crippen molar-refractivity contribution in [2.45, 2.75) is 31.8 Å². The van der Waals surface area contributed by atoms with Crippen LogP contribution in [-0.4, -0.2) is 68.8 Å². The summed E-state index contributed by atoms with van der Waals surface area (Å²) < 4.78 is 1.69. The Morgan fingerprint density at radius 2 is 2.12 bits per heavy atom. The number of amides is 3. The summed E-state index contributed by atoms with van der Waals surface area (Å²) in [6.45, 7) is 2.20. The van der Waals surface area contributed by atoms with Crippen LogP contribution in [0.15, 0.2) is 12.3 Å². The maximum absolute atomic E-state index is 12.6. The molecule has 2 fully saturated rings. The van der Waals surface area contributed by atoms with Gasteiger partial charge in [0.15, 0.2) is 0 Å². The number of aryl methyl sites for hydroxylation is 1. The lowest BCUT2D eigenvalue weighted by molar-refractivity contribution is -0.147. The highest BCUT2D eigenvalue weighted by Crippen LogP contribution is 2.33. The molecule has 0 spiro atoms. The molecule has 1 unspecified atom stereocenters. The van der Waals surface area contributed by atoms with Crippen LogP contribution in [0.2, 0.25) is 0 Å². The van der Waals surface area contributed by atoms with Crippen LogP contribution in [0.4, 0.5) is 4.79 Å². The van der Waals surface area contributed by atoms with Gasteiger partial charge in [-0.05, 0) is 19.4 Å². The number of nitrogens with one attached hydrogen (secondary N) is 1. The second-order valence-electron chi connectivity index (χ2n) is 7.13. The fraction of sp³-hybridized carbons (Fsp3) is 0.625. The van der Waals surface area contributed by atoms with Crippen molar-refractivity contribution in [1.82, 2.24) is 24.9 Å². The molecule has 25 heavy (non-hydrogen) atoms. The highest BCUT2D eigenvalue weighted by atomic mass is 16.4. The van der Waals surface area contributed by atoms with Crippen molar-refractivity contribution in [1.29, 1.82) is 0 Å². The standard InChI is InChI=1S/C16H23N5O4/c1-16(14(23)24)5-7-21(9-16)15(25)18-10-8-12(22)19(2)13(10)11-4-6-17-20(11)3/h4,6,10,13H,5,7-9H2,1-3H3,(H,18,25)(H,23,24)/t10-,13-,16?/m1/s1. The molecule has 1 aromatic heterocycles. The van der Waals surface area contributed by atoms with Gasteiger partial charge in [0.2, 0.25) is 5.91 Å². The number of hydrogen-bond donors (Lipinski definition) is 2. The SMILES string of the molecule is CN1C(=O)C[C@@H](NC(=O)N2CCC(C)(C(=O)O)C2)[C@@H]1c1ccnn1C. The van der Waals surface area contributed by atoms with E-state index < -0.39 is 11.4 Å². The second kappa shape index (κ2) is 6.05.